The third-order valence-electron chi connectivity index (χ3n) is 1.84. The summed E-state index contributed by atoms with van der Waals surface area (Å²) in [6.07, 6.45) is -0.737. The van der Waals surface area contributed by atoms with Crippen LogP contribution in [0.1, 0.15) is 27.2 Å². The van der Waals surface area contributed by atoms with Crippen LogP contribution in [0, 0.1) is 0 Å². The first kappa shape index (κ1) is 14.7. The standard InChI is InChI=1S/C10H19NO5/c1-10(2,3)16-9(15)11(4)7(5-6-12)8(13)14/h7,12H,5-6H2,1-4H3,(H,13,14)/t7-/m1/s1. The van der Waals surface area contributed by atoms with Gasteiger partial charge in [-0.2, -0.15) is 0 Å². The Morgan fingerprint density at radius 2 is 1.88 bits per heavy atom. The lowest BCUT2D eigenvalue weighted by atomic mass is 10.2. The molecule has 6 heteroatoms. The van der Waals surface area contributed by atoms with Crippen molar-refractivity contribution in [2.75, 3.05) is 13.7 Å². The summed E-state index contributed by atoms with van der Waals surface area (Å²) in [5.41, 5.74) is -0.673. The Labute approximate surface area is 94.8 Å². The van der Waals surface area contributed by atoms with E-state index in [4.69, 9.17) is 14.9 Å². The summed E-state index contributed by atoms with van der Waals surface area (Å²) in [5, 5.41) is 17.6. The maximum absolute atomic E-state index is 11.5. The summed E-state index contributed by atoms with van der Waals surface area (Å²) in [6, 6.07) is -1.07. The number of aliphatic hydroxyl groups is 1. The second-order valence-electron chi connectivity index (χ2n) is 4.46. The molecule has 0 aromatic rings. The molecule has 1 amide bonds. The van der Waals surface area contributed by atoms with E-state index in [1.165, 1.54) is 7.05 Å². The van der Waals surface area contributed by atoms with Crippen LogP contribution < -0.4 is 0 Å². The van der Waals surface area contributed by atoms with E-state index >= 15 is 0 Å². The summed E-state index contributed by atoms with van der Waals surface area (Å²) in [5.74, 6) is -1.16. The molecule has 0 heterocycles. The van der Waals surface area contributed by atoms with Crippen LogP contribution in [0.5, 0.6) is 0 Å². The van der Waals surface area contributed by atoms with Gasteiger partial charge in [-0.15, -0.1) is 0 Å². The molecule has 0 fully saturated rings. The molecular formula is C10H19NO5. The first-order valence-electron chi connectivity index (χ1n) is 4.98. The first-order chi connectivity index (χ1) is 7.19. The van der Waals surface area contributed by atoms with Crippen molar-refractivity contribution >= 4 is 12.1 Å². The smallest absolute Gasteiger partial charge is 0.410 e. The highest BCUT2D eigenvalue weighted by Crippen LogP contribution is 2.12. The van der Waals surface area contributed by atoms with Gasteiger partial charge in [-0.25, -0.2) is 9.59 Å². The number of ether oxygens (including phenoxy) is 1. The normalized spacial score (nSPS) is 13.1. The van der Waals surface area contributed by atoms with E-state index in [1.54, 1.807) is 20.8 Å². The van der Waals surface area contributed by atoms with Gasteiger partial charge in [0.25, 0.3) is 0 Å². The summed E-state index contributed by atoms with van der Waals surface area (Å²) in [7, 11) is 1.34. The van der Waals surface area contributed by atoms with Crippen LogP contribution in [0.15, 0.2) is 0 Å². The molecular weight excluding hydrogens is 214 g/mol. The minimum atomic E-state index is -1.16. The number of aliphatic carboxylic acids is 1. The maximum Gasteiger partial charge on any atom is 0.410 e. The maximum atomic E-state index is 11.5. The van der Waals surface area contributed by atoms with Crippen LogP contribution in [0.3, 0.4) is 0 Å². The van der Waals surface area contributed by atoms with Gasteiger partial charge in [0.2, 0.25) is 0 Å². The van der Waals surface area contributed by atoms with Crippen LogP contribution in [0.2, 0.25) is 0 Å². The molecule has 6 nitrogen and oxygen atoms in total. The number of amides is 1. The highest BCUT2D eigenvalue weighted by atomic mass is 16.6. The molecule has 0 aromatic carbocycles. The molecule has 0 radical (unpaired) electrons. The molecule has 0 spiro atoms. The number of carbonyl (C=O) groups is 2. The van der Waals surface area contributed by atoms with E-state index in [2.05, 4.69) is 0 Å². The van der Waals surface area contributed by atoms with E-state index in [0.29, 0.717) is 0 Å². The monoisotopic (exact) mass is 233 g/mol. The summed E-state index contributed by atoms with van der Waals surface area (Å²) < 4.78 is 5.02. The Balaban J connectivity index is 4.55. The Hall–Kier alpha value is -1.30. The number of carbonyl (C=O) groups excluding carboxylic acids is 1. The predicted molar refractivity (Wildman–Crippen MR) is 57.1 cm³/mol. The van der Waals surface area contributed by atoms with E-state index in [1.807, 2.05) is 0 Å². The largest absolute Gasteiger partial charge is 0.480 e. The fourth-order valence-electron chi connectivity index (χ4n) is 1.07. The van der Waals surface area contributed by atoms with Crippen LogP contribution in [0.4, 0.5) is 4.79 Å². The van der Waals surface area contributed by atoms with E-state index in [-0.39, 0.29) is 13.0 Å². The van der Waals surface area contributed by atoms with Crippen LogP contribution in [-0.4, -0.2) is 52.5 Å². The lowest BCUT2D eigenvalue weighted by Gasteiger charge is -2.28. The second-order valence-corrected chi connectivity index (χ2v) is 4.46. The number of carboxylic acid groups (broad SMARTS) is 1. The Morgan fingerprint density at radius 1 is 1.38 bits per heavy atom. The first-order valence-corrected chi connectivity index (χ1v) is 4.98. The number of aliphatic hydroxyl groups excluding tert-OH is 1. The number of hydrogen-bond acceptors (Lipinski definition) is 4. The van der Waals surface area contributed by atoms with Crippen LogP contribution in [0.25, 0.3) is 0 Å². The molecule has 94 valence electrons. The summed E-state index contributed by atoms with van der Waals surface area (Å²) in [4.78, 5) is 23.4. The molecule has 0 aliphatic carbocycles. The molecule has 1 atom stereocenters. The highest BCUT2D eigenvalue weighted by molar-refractivity contribution is 5.79. The zero-order valence-electron chi connectivity index (χ0n) is 10.1. The second kappa shape index (κ2) is 5.69. The topological polar surface area (TPSA) is 87.1 Å². The number of carboxylic acids is 1. The lowest BCUT2D eigenvalue weighted by Crippen LogP contribution is -2.45. The average molecular weight is 233 g/mol. The van der Waals surface area contributed by atoms with Gasteiger partial charge >= 0.3 is 12.1 Å². The highest BCUT2D eigenvalue weighted by Gasteiger charge is 2.29. The van der Waals surface area contributed by atoms with Gasteiger partial charge in [0.1, 0.15) is 11.6 Å². The summed E-state index contributed by atoms with van der Waals surface area (Å²) >= 11 is 0. The third-order valence-corrected chi connectivity index (χ3v) is 1.84. The van der Waals surface area contributed by atoms with Gasteiger partial charge < -0.3 is 14.9 Å². The average Bonchev–Trinajstić information content (AvgIpc) is 2.09. The Kier molecular flexibility index (Phi) is 5.23. The van der Waals surface area contributed by atoms with Gasteiger partial charge in [0.05, 0.1) is 0 Å². The molecule has 0 saturated carbocycles. The van der Waals surface area contributed by atoms with Gasteiger partial charge in [-0.1, -0.05) is 0 Å². The SMILES string of the molecule is CN(C(=O)OC(C)(C)C)[C@H](CCO)C(=O)O. The molecule has 0 aliphatic heterocycles. The van der Waals surface area contributed by atoms with Crippen molar-refractivity contribution in [1.82, 2.24) is 4.90 Å². The number of hydrogen-bond donors (Lipinski definition) is 2. The van der Waals surface area contributed by atoms with Crippen LogP contribution in [-0.2, 0) is 9.53 Å². The third kappa shape index (κ3) is 4.97. The zero-order valence-corrected chi connectivity index (χ0v) is 10.1. The minimum absolute atomic E-state index is 0.0227. The van der Waals surface area contributed by atoms with E-state index in [0.717, 1.165) is 4.90 Å². The van der Waals surface area contributed by atoms with Crippen molar-refractivity contribution in [3.8, 4) is 0 Å². The number of likely N-dealkylation sites (N-methyl/N-ethyl adjacent to an activating group) is 1. The van der Waals surface area contributed by atoms with Crippen molar-refractivity contribution in [2.24, 2.45) is 0 Å². The van der Waals surface area contributed by atoms with Crippen molar-refractivity contribution in [3.63, 3.8) is 0 Å². The molecule has 0 bridgehead atoms. The molecule has 0 aromatic heterocycles. The van der Waals surface area contributed by atoms with E-state index < -0.39 is 23.7 Å². The Bertz CT molecular complexity index is 258. The van der Waals surface area contributed by atoms with Crippen molar-refractivity contribution in [3.05, 3.63) is 0 Å². The molecule has 16 heavy (non-hydrogen) atoms. The number of nitrogens with zero attached hydrogens (tertiary/aromatic N) is 1. The molecule has 0 unspecified atom stereocenters. The molecule has 0 rings (SSSR count). The number of rotatable bonds is 4. The Morgan fingerprint density at radius 3 is 2.19 bits per heavy atom. The quantitative estimate of drug-likeness (QED) is 0.746. The zero-order chi connectivity index (χ0) is 12.9. The van der Waals surface area contributed by atoms with Gasteiger partial charge in [0, 0.05) is 20.1 Å². The van der Waals surface area contributed by atoms with Crippen molar-refractivity contribution in [1.29, 1.82) is 0 Å². The predicted octanol–water partition coefficient (Wildman–Crippen LogP) is 0.689. The molecule has 0 saturated heterocycles. The molecule has 0 aliphatic rings. The minimum Gasteiger partial charge on any atom is -0.480 e. The fraction of sp³-hybridized carbons (Fsp3) is 0.800. The van der Waals surface area contributed by atoms with Crippen molar-refractivity contribution in [2.45, 2.75) is 38.8 Å². The van der Waals surface area contributed by atoms with Gasteiger partial charge in [-0.3, -0.25) is 4.90 Å². The van der Waals surface area contributed by atoms with Gasteiger partial charge in [-0.05, 0) is 20.8 Å². The van der Waals surface area contributed by atoms with Gasteiger partial charge in [0.15, 0.2) is 0 Å². The lowest BCUT2D eigenvalue weighted by molar-refractivity contribution is -0.143. The van der Waals surface area contributed by atoms with Crippen LogP contribution >= 0.6 is 0 Å². The van der Waals surface area contributed by atoms with Crippen molar-refractivity contribution < 1.29 is 24.5 Å². The van der Waals surface area contributed by atoms with E-state index in [9.17, 15) is 9.59 Å². The summed E-state index contributed by atoms with van der Waals surface area (Å²) in [6.45, 7) is 4.78. The molecule has 2 N–H and O–H groups in total. The fourth-order valence-corrected chi connectivity index (χ4v) is 1.07.